The molecule has 0 aliphatic rings. The maximum absolute atomic E-state index is 5.59. The molecule has 0 saturated carbocycles. The van der Waals surface area contributed by atoms with Crippen molar-refractivity contribution in [3.8, 4) is 23.8 Å². The van der Waals surface area contributed by atoms with Gasteiger partial charge in [-0.1, -0.05) is 23.6 Å². The number of benzene rings is 2. The molecule has 0 amide bonds. The average Bonchev–Trinajstić information content (AvgIpc) is 2.54. The third-order valence-corrected chi connectivity index (χ3v) is 2.98. The minimum Gasteiger partial charge on any atom is -0.490 e. The summed E-state index contributed by atoms with van der Waals surface area (Å²) >= 11 is 0. The number of nitrogens with zero attached hydrogens (tertiary/aromatic N) is 1. The van der Waals surface area contributed by atoms with Crippen LogP contribution in [0.15, 0.2) is 47.5 Å². The van der Waals surface area contributed by atoms with E-state index in [1.165, 1.54) is 5.56 Å². The highest BCUT2D eigenvalue weighted by atomic mass is 16.5. The van der Waals surface area contributed by atoms with Gasteiger partial charge < -0.3 is 9.47 Å². The lowest BCUT2D eigenvalue weighted by molar-refractivity contribution is 0.299. The van der Waals surface area contributed by atoms with Gasteiger partial charge in [-0.05, 0) is 49.7 Å². The lowest BCUT2D eigenvalue weighted by Crippen LogP contribution is -1.99. The number of hydrogen-bond donors (Lipinski definition) is 0. The standard InChI is InChI=1S/C19H19NO2/c1-4-12-22-18-11-8-16(13-19(18)21-5-2)14-20-17-9-6-15(3)7-10-17/h1,6-11,13-14H,5,12H2,2-3H3. The second-order valence-electron chi connectivity index (χ2n) is 4.73. The predicted octanol–water partition coefficient (Wildman–Crippen LogP) is 4.16. The topological polar surface area (TPSA) is 30.8 Å². The smallest absolute Gasteiger partial charge is 0.162 e. The Morgan fingerprint density at radius 2 is 1.86 bits per heavy atom. The maximum Gasteiger partial charge on any atom is 0.162 e. The van der Waals surface area contributed by atoms with Crippen LogP contribution in [0.3, 0.4) is 0 Å². The summed E-state index contributed by atoms with van der Waals surface area (Å²) in [6.45, 7) is 4.76. The Kier molecular flexibility index (Phi) is 5.62. The van der Waals surface area contributed by atoms with E-state index in [1.54, 1.807) is 6.21 Å². The second kappa shape index (κ2) is 7.90. The Morgan fingerprint density at radius 1 is 1.09 bits per heavy atom. The molecule has 0 bridgehead atoms. The normalized spacial score (nSPS) is 10.4. The molecule has 3 nitrogen and oxygen atoms in total. The maximum atomic E-state index is 5.59. The lowest BCUT2D eigenvalue weighted by atomic mass is 10.2. The Balaban J connectivity index is 2.18. The van der Waals surface area contributed by atoms with E-state index in [0.717, 1.165) is 11.3 Å². The number of ether oxygens (including phenoxy) is 2. The summed E-state index contributed by atoms with van der Waals surface area (Å²) in [4.78, 5) is 4.46. The summed E-state index contributed by atoms with van der Waals surface area (Å²) in [5, 5.41) is 0. The van der Waals surface area contributed by atoms with Gasteiger partial charge in [0.25, 0.3) is 0 Å². The van der Waals surface area contributed by atoms with Crippen LogP contribution in [0.1, 0.15) is 18.1 Å². The quantitative estimate of drug-likeness (QED) is 0.591. The van der Waals surface area contributed by atoms with Crippen LogP contribution in [0, 0.1) is 19.3 Å². The molecule has 0 aliphatic carbocycles. The zero-order valence-electron chi connectivity index (χ0n) is 12.9. The van der Waals surface area contributed by atoms with Crippen molar-refractivity contribution in [3.63, 3.8) is 0 Å². The highest BCUT2D eigenvalue weighted by Crippen LogP contribution is 2.28. The molecule has 2 aromatic carbocycles. The number of terminal acetylenes is 1. The summed E-state index contributed by atoms with van der Waals surface area (Å²) in [5.41, 5.74) is 3.07. The van der Waals surface area contributed by atoms with Crippen molar-refractivity contribution in [3.05, 3.63) is 53.6 Å². The zero-order valence-corrected chi connectivity index (χ0v) is 12.9. The van der Waals surface area contributed by atoms with E-state index in [-0.39, 0.29) is 6.61 Å². The van der Waals surface area contributed by atoms with Crippen LogP contribution >= 0.6 is 0 Å². The first-order valence-corrected chi connectivity index (χ1v) is 7.16. The Morgan fingerprint density at radius 3 is 2.55 bits per heavy atom. The van der Waals surface area contributed by atoms with Crippen LogP contribution in [0.4, 0.5) is 5.69 Å². The van der Waals surface area contributed by atoms with Crippen molar-refractivity contribution in [2.24, 2.45) is 4.99 Å². The largest absolute Gasteiger partial charge is 0.490 e. The van der Waals surface area contributed by atoms with E-state index in [4.69, 9.17) is 15.9 Å². The fourth-order valence-electron chi connectivity index (χ4n) is 1.89. The molecule has 2 rings (SSSR count). The van der Waals surface area contributed by atoms with Gasteiger partial charge in [-0.25, -0.2) is 0 Å². The van der Waals surface area contributed by atoms with Gasteiger partial charge in [0.2, 0.25) is 0 Å². The van der Waals surface area contributed by atoms with Crippen molar-refractivity contribution >= 4 is 11.9 Å². The number of aryl methyl sites for hydroxylation is 1. The van der Waals surface area contributed by atoms with Crippen LogP contribution in [0.2, 0.25) is 0 Å². The number of rotatable bonds is 6. The molecule has 0 aromatic heterocycles. The molecule has 2 aromatic rings. The van der Waals surface area contributed by atoms with Gasteiger partial charge in [-0.3, -0.25) is 4.99 Å². The molecule has 0 N–H and O–H groups in total. The molecule has 3 heteroatoms. The van der Waals surface area contributed by atoms with Crippen molar-refractivity contribution < 1.29 is 9.47 Å². The van der Waals surface area contributed by atoms with Gasteiger partial charge in [0.15, 0.2) is 11.5 Å². The molecule has 0 spiro atoms. The van der Waals surface area contributed by atoms with Crippen molar-refractivity contribution in [2.45, 2.75) is 13.8 Å². The first kappa shape index (κ1) is 15.7. The van der Waals surface area contributed by atoms with Crippen LogP contribution < -0.4 is 9.47 Å². The number of aliphatic imine (C=N–C) groups is 1. The molecule has 0 heterocycles. The van der Waals surface area contributed by atoms with Gasteiger partial charge in [0.05, 0.1) is 12.3 Å². The van der Waals surface area contributed by atoms with E-state index < -0.39 is 0 Å². The third kappa shape index (κ3) is 4.39. The summed E-state index contributed by atoms with van der Waals surface area (Å²) in [6, 6.07) is 13.7. The van der Waals surface area contributed by atoms with Crippen molar-refractivity contribution in [1.29, 1.82) is 0 Å². The molecule has 22 heavy (non-hydrogen) atoms. The highest BCUT2D eigenvalue weighted by Gasteiger charge is 2.05. The molecular formula is C19H19NO2. The fourth-order valence-corrected chi connectivity index (χ4v) is 1.89. The van der Waals surface area contributed by atoms with Gasteiger partial charge in [-0.15, -0.1) is 6.42 Å². The van der Waals surface area contributed by atoms with Gasteiger partial charge in [0.1, 0.15) is 6.61 Å². The van der Waals surface area contributed by atoms with E-state index in [0.29, 0.717) is 18.1 Å². The van der Waals surface area contributed by atoms with Gasteiger partial charge in [-0.2, -0.15) is 0 Å². The summed E-state index contributed by atoms with van der Waals surface area (Å²) < 4.78 is 11.1. The Hall–Kier alpha value is -2.73. The highest BCUT2D eigenvalue weighted by molar-refractivity contribution is 5.83. The van der Waals surface area contributed by atoms with E-state index >= 15 is 0 Å². The first-order chi connectivity index (χ1) is 10.7. The molecule has 0 saturated heterocycles. The predicted molar refractivity (Wildman–Crippen MR) is 90.4 cm³/mol. The monoisotopic (exact) mass is 293 g/mol. The van der Waals surface area contributed by atoms with Gasteiger partial charge >= 0.3 is 0 Å². The summed E-state index contributed by atoms with van der Waals surface area (Å²) in [6.07, 6.45) is 7.02. The second-order valence-corrected chi connectivity index (χ2v) is 4.73. The molecule has 0 radical (unpaired) electrons. The van der Waals surface area contributed by atoms with E-state index in [9.17, 15) is 0 Å². The molecule has 112 valence electrons. The molecule has 0 fully saturated rings. The molecule has 0 atom stereocenters. The van der Waals surface area contributed by atoms with E-state index in [2.05, 4.69) is 17.8 Å². The Bertz CT molecular complexity index is 682. The summed E-state index contributed by atoms with van der Waals surface area (Å²) in [5.74, 6) is 3.76. The molecule has 0 aliphatic heterocycles. The van der Waals surface area contributed by atoms with Crippen LogP contribution in [-0.4, -0.2) is 19.4 Å². The molecular weight excluding hydrogens is 274 g/mol. The zero-order chi connectivity index (χ0) is 15.8. The summed E-state index contributed by atoms with van der Waals surface area (Å²) in [7, 11) is 0. The first-order valence-electron chi connectivity index (χ1n) is 7.16. The van der Waals surface area contributed by atoms with Crippen molar-refractivity contribution in [1.82, 2.24) is 0 Å². The third-order valence-electron chi connectivity index (χ3n) is 2.98. The van der Waals surface area contributed by atoms with E-state index in [1.807, 2.05) is 49.4 Å². The van der Waals surface area contributed by atoms with Crippen LogP contribution in [0.5, 0.6) is 11.5 Å². The minimum atomic E-state index is 0.219. The number of hydrogen-bond acceptors (Lipinski definition) is 3. The SMILES string of the molecule is C#CCOc1ccc(C=Nc2ccc(C)cc2)cc1OCC. The Labute approximate surface area is 131 Å². The average molecular weight is 293 g/mol. The fraction of sp³-hybridized carbons (Fsp3) is 0.211. The van der Waals surface area contributed by atoms with Crippen LogP contribution in [0.25, 0.3) is 0 Å². The molecule has 0 unspecified atom stereocenters. The minimum absolute atomic E-state index is 0.219. The van der Waals surface area contributed by atoms with Gasteiger partial charge in [0, 0.05) is 6.21 Å². The van der Waals surface area contributed by atoms with Crippen molar-refractivity contribution in [2.75, 3.05) is 13.2 Å². The lowest BCUT2D eigenvalue weighted by Gasteiger charge is -2.10. The van der Waals surface area contributed by atoms with Crippen LogP contribution in [-0.2, 0) is 0 Å².